The van der Waals surface area contributed by atoms with Gasteiger partial charge in [-0.15, -0.1) is 11.3 Å². The Kier molecular flexibility index (Phi) is 4.19. The maximum Gasteiger partial charge on any atom is 0.294 e. The van der Waals surface area contributed by atoms with Gasteiger partial charge in [-0.05, 0) is 13.5 Å². The van der Waals surface area contributed by atoms with Gasteiger partial charge in [0.15, 0.2) is 14.8 Å². The molecule has 106 valence electrons. The number of nitrogens with one attached hydrogen (secondary N) is 1. The number of carbonyl (C=O) groups is 1. The lowest BCUT2D eigenvalue weighted by atomic mass is 10.2. The number of carbonyl (C=O) groups excluding carboxylic acids is 1. The number of aromatic nitrogens is 1. The smallest absolute Gasteiger partial charge is 0.294 e. The molecule has 1 aliphatic heterocycles. The third-order valence-corrected chi connectivity index (χ3v) is 5.76. The first-order chi connectivity index (χ1) is 8.91. The van der Waals surface area contributed by atoms with Crippen molar-refractivity contribution in [3.63, 3.8) is 0 Å². The van der Waals surface area contributed by atoms with Gasteiger partial charge >= 0.3 is 0 Å². The van der Waals surface area contributed by atoms with Crippen molar-refractivity contribution in [1.29, 1.82) is 0 Å². The molecular weight excluding hydrogens is 288 g/mol. The Hall–Kier alpha value is -1.03. The summed E-state index contributed by atoms with van der Waals surface area (Å²) in [4.78, 5) is 17.4. The minimum Gasteiger partial charge on any atom is -0.297 e. The molecule has 7 nitrogen and oxygen atoms in total. The zero-order valence-electron chi connectivity index (χ0n) is 10.5. The molecule has 1 aromatic rings. The molecule has 2 rings (SSSR count). The van der Waals surface area contributed by atoms with Crippen LogP contribution in [0.15, 0.2) is 5.38 Å². The summed E-state index contributed by atoms with van der Waals surface area (Å²) in [5, 5.41) is 2.09. The van der Waals surface area contributed by atoms with Crippen LogP contribution in [0.3, 0.4) is 0 Å². The first-order valence-corrected chi connectivity index (χ1v) is 8.47. The molecule has 19 heavy (non-hydrogen) atoms. The van der Waals surface area contributed by atoms with Crippen LogP contribution in [0.5, 0.6) is 0 Å². The number of sulfone groups is 1. The van der Waals surface area contributed by atoms with E-state index in [1.807, 2.05) is 17.4 Å². The molecule has 1 saturated heterocycles. The molecule has 9 heteroatoms. The molecule has 0 radical (unpaired) electrons. The van der Waals surface area contributed by atoms with Gasteiger partial charge in [0.25, 0.3) is 5.91 Å². The average molecular weight is 304 g/mol. The van der Waals surface area contributed by atoms with Crippen LogP contribution in [-0.4, -0.2) is 48.8 Å². The minimum absolute atomic E-state index is 0.0264. The van der Waals surface area contributed by atoms with Crippen molar-refractivity contribution in [1.82, 2.24) is 15.3 Å². The Morgan fingerprint density at radius 3 is 3.00 bits per heavy atom. The number of nitrogens with zero attached hydrogens (tertiary/aromatic N) is 2. The van der Waals surface area contributed by atoms with Crippen molar-refractivity contribution in [2.45, 2.75) is 19.0 Å². The predicted octanol–water partition coefficient (Wildman–Crippen LogP) is -0.634. The molecule has 1 amide bonds. The van der Waals surface area contributed by atoms with E-state index in [4.69, 9.17) is 5.84 Å². The van der Waals surface area contributed by atoms with Gasteiger partial charge < -0.3 is 0 Å². The predicted molar refractivity (Wildman–Crippen MR) is 72.3 cm³/mol. The zero-order valence-corrected chi connectivity index (χ0v) is 12.1. The molecule has 0 aliphatic carbocycles. The fraction of sp³-hybridized carbons (Fsp3) is 0.600. The Labute approximate surface area is 115 Å². The number of amides is 1. The quantitative estimate of drug-likeness (QED) is 0.436. The molecule has 1 fully saturated rings. The van der Waals surface area contributed by atoms with Gasteiger partial charge in [0.2, 0.25) is 0 Å². The summed E-state index contributed by atoms with van der Waals surface area (Å²) < 4.78 is 22.8. The molecule has 0 spiro atoms. The number of nitrogens with two attached hydrogens (primary N) is 1. The third-order valence-electron chi connectivity index (χ3n) is 3.12. The van der Waals surface area contributed by atoms with Crippen LogP contribution in [0.25, 0.3) is 0 Å². The first-order valence-electron chi connectivity index (χ1n) is 5.77. The third kappa shape index (κ3) is 3.50. The van der Waals surface area contributed by atoms with Crippen LogP contribution in [0, 0.1) is 0 Å². The van der Waals surface area contributed by atoms with Crippen LogP contribution in [0.2, 0.25) is 0 Å². The molecule has 0 bridgehead atoms. The van der Waals surface area contributed by atoms with Crippen molar-refractivity contribution in [2.24, 2.45) is 5.84 Å². The highest BCUT2D eigenvalue weighted by Gasteiger charge is 2.30. The topological polar surface area (TPSA) is 105 Å². The molecule has 1 atom stereocenters. The highest BCUT2D eigenvalue weighted by molar-refractivity contribution is 7.91. The highest BCUT2D eigenvalue weighted by atomic mass is 32.2. The van der Waals surface area contributed by atoms with Gasteiger partial charge in [-0.3, -0.25) is 15.1 Å². The van der Waals surface area contributed by atoms with E-state index in [0.717, 1.165) is 5.69 Å². The van der Waals surface area contributed by atoms with E-state index in [-0.39, 0.29) is 17.5 Å². The first kappa shape index (κ1) is 14.4. The van der Waals surface area contributed by atoms with Crippen LogP contribution in [-0.2, 0) is 16.4 Å². The Morgan fingerprint density at radius 1 is 1.68 bits per heavy atom. The van der Waals surface area contributed by atoms with E-state index in [2.05, 4.69) is 4.98 Å². The van der Waals surface area contributed by atoms with Crippen molar-refractivity contribution in [2.75, 3.05) is 18.6 Å². The summed E-state index contributed by atoms with van der Waals surface area (Å²) in [6.07, 6.45) is 0.652. The average Bonchev–Trinajstić information content (AvgIpc) is 2.94. The van der Waals surface area contributed by atoms with Gasteiger partial charge in [-0.1, -0.05) is 0 Å². The molecule has 1 aromatic heterocycles. The van der Waals surface area contributed by atoms with E-state index in [1.165, 1.54) is 11.3 Å². The van der Waals surface area contributed by atoms with Gasteiger partial charge in [-0.25, -0.2) is 19.2 Å². The summed E-state index contributed by atoms with van der Waals surface area (Å²) in [6.45, 7) is 0.522. The summed E-state index contributed by atoms with van der Waals surface area (Å²) >= 11 is 1.22. The lowest BCUT2D eigenvalue weighted by Gasteiger charge is -2.21. The number of nitrogen functional groups attached to an aromatic ring is 1. The summed E-state index contributed by atoms with van der Waals surface area (Å²) in [5.41, 5.74) is 2.78. The van der Waals surface area contributed by atoms with Gasteiger partial charge in [0.05, 0.1) is 17.2 Å². The summed E-state index contributed by atoms with van der Waals surface area (Å²) in [5.74, 6) is 5.07. The normalized spacial score (nSPS) is 21.7. The molecule has 2 heterocycles. The Morgan fingerprint density at radius 2 is 2.42 bits per heavy atom. The maximum atomic E-state index is 11.4. The largest absolute Gasteiger partial charge is 0.297 e. The van der Waals surface area contributed by atoms with Crippen LogP contribution in [0.4, 0.5) is 0 Å². The van der Waals surface area contributed by atoms with E-state index in [9.17, 15) is 13.2 Å². The van der Waals surface area contributed by atoms with Gasteiger partial charge in [0, 0.05) is 18.0 Å². The Bertz CT molecular complexity index is 569. The second-order valence-corrected chi connectivity index (χ2v) is 7.68. The fourth-order valence-electron chi connectivity index (χ4n) is 2.05. The lowest BCUT2D eigenvalue weighted by molar-refractivity contribution is 0.0953. The zero-order chi connectivity index (χ0) is 14.0. The van der Waals surface area contributed by atoms with Crippen LogP contribution < -0.4 is 11.3 Å². The van der Waals surface area contributed by atoms with Crippen molar-refractivity contribution in [3.05, 3.63) is 16.1 Å². The second kappa shape index (κ2) is 5.53. The molecular formula is C10H16N4O3S2. The van der Waals surface area contributed by atoms with Crippen molar-refractivity contribution >= 4 is 27.1 Å². The molecule has 0 aromatic carbocycles. The standard InChI is InChI=1S/C10H16N4O3S2/c1-14(8-2-3-19(16,17)6-8)4-7-5-18-10(12-7)9(15)13-11/h5,8H,2-4,6,11H2,1H3,(H,13,15). The summed E-state index contributed by atoms with van der Waals surface area (Å²) in [6, 6.07) is 0.0264. The Balaban J connectivity index is 1.98. The molecule has 1 unspecified atom stereocenters. The van der Waals surface area contributed by atoms with E-state index in [1.54, 1.807) is 5.38 Å². The molecule has 3 N–H and O–H groups in total. The van der Waals surface area contributed by atoms with Crippen molar-refractivity contribution < 1.29 is 13.2 Å². The van der Waals surface area contributed by atoms with Crippen LogP contribution in [0.1, 0.15) is 21.9 Å². The SMILES string of the molecule is CN(Cc1csc(C(=O)NN)n1)C1CCS(=O)(=O)C1. The summed E-state index contributed by atoms with van der Waals surface area (Å²) in [7, 11) is -1.02. The number of hydrogen-bond acceptors (Lipinski definition) is 7. The fourth-order valence-corrected chi connectivity index (χ4v) is 4.57. The second-order valence-electron chi connectivity index (χ2n) is 4.59. The molecule has 0 saturated carbocycles. The lowest BCUT2D eigenvalue weighted by Crippen LogP contribution is -2.32. The number of thiazole rings is 1. The van der Waals surface area contributed by atoms with E-state index >= 15 is 0 Å². The minimum atomic E-state index is -2.89. The van der Waals surface area contributed by atoms with E-state index < -0.39 is 15.7 Å². The highest BCUT2D eigenvalue weighted by Crippen LogP contribution is 2.19. The van der Waals surface area contributed by atoms with Crippen LogP contribution >= 0.6 is 11.3 Å². The maximum absolute atomic E-state index is 11.4. The number of rotatable bonds is 4. The van der Waals surface area contributed by atoms with Gasteiger partial charge in [0.1, 0.15) is 0 Å². The number of hydrazine groups is 1. The monoisotopic (exact) mass is 304 g/mol. The van der Waals surface area contributed by atoms with Gasteiger partial charge in [-0.2, -0.15) is 0 Å². The van der Waals surface area contributed by atoms with E-state index in [0.29, 0.717) is 18.0 Å². The number of hydrogen-bond donors (Lipinski definition) is 2. The van der Waals surface area contributed by atoms with Crippen molar-refractivity contribution in [3.8, 4) is 0 Å². The molecule has 1 aliphatic rings.